The number of thiol groups is 1. The van der Waals surface area contributed by atoms with Gasteiger partial charge in [0.25, 0.3) is 0 Å². The van der Waals surface area contributed by atoms with E-state index in [-0.39, 0.29) is 5.97 Å². The number of carbonyl (C=O) groups is 1. The zero-order chi connectivity index (χ0) is 16.5. The molecule has 122 valence electrons. The van der Waals surface area contributed by atoms with Crippen molar-refractivity contribution in [3.63, 3.8) is 0 Å². The number of hydrogen-bond donors (Lipinski definition) is 1. The van der Waals surface area contributed by atoms with Crippen LogP contribution in [0.25, 0.3) is 0 Å². The quantitative estimate of drug-likeness (QED) is 0.291. The highest BCUT2D eigenvalue weighted by molar-refractivity contribution is 7.80. The lowest BCUT2D eigenvalue weighted by Gasteiger charge is -2.06. The van der Waals surface area contributed by atoms with Crippen LogP contribution in [0.3, 0.4) is 0 Å². The normalized spacial score (nSPS) is 10.5. The summed E-state index contributed by atoms with van der Waals surface area (Å²) in [6.45, 7) is 2.23. The number of carbonyl (C=O) groups excluding carboxylic acids is 1. The summed E-state index contributed by atoms with van der Waals surface area (Å²) in [6.07, 6.45) is 7.46. The topological polar surface area (TPSA) is 26.3 Å². The molecule has 23 heavy (non-hydrogen) atoms. The smallest absolute Gasteiger partial charge is 0.343 e. The number of ether oxygens (including phenoxy) is 1. The van der Waals surface area contributed by atoms with Crippen LogP contribution in [-0.2, 0) is 6.42 Å². The van der Waals surface area contributed by atoms with E-state index >= 15 is 0 Å². The van der Waals surface area contributed by atoms with E-state index in [0.717, 1.165) is 11.3 Å². The van der Waals surface area contributed by atoms with Gasteiger partial charge in [-0.2, -0.15) is 0 Å². The van der Waals surface area contributed by atoms with Crippen LogP contribution in [0.1, 0.15) is 54.9 Å². The highest BCUT2D eigenvalue weighted by Gasteiger charge is 2.08. The van der Waals surface area contributed by atoms with Gasteiger partial charge in [0, 0.05) is 4.90 Å². The zero-order valence-electron chi connectivity index (χ0n) is 13.6. The first-order valence-corrected chi connectivity index (χ1v) is 8.74. The maximum atomic E-state index is 12.1. The molecule has 2 nitrogen and oxygen atoms in total. The molecule has 0 fully saturated rings. The van der Waals surface area contributed by atoms with E-state index in [4.69, 9.17) is 4.74 Å². The summed E-state index contributed by atoms with van der Waals surface area (Å²) in [4.78, 5) is 12.9. The lowest BCUT2D eigenvalue weighted by molar-refractivity contribution is 0.0734. The van der Waals surface area contributed by atoms with E-state index in [1.54, 1.807) is 24.3 Å². The molecule has 0 N–H and O–H groups in total. The molecule has 2 rings (SSSR count). The molecule has 0 saturated heterocycles. The van der Waals surface area contributed by atoms with Crippen LogP contribution >= 0.6 is 12.6 Å². The number of benzene rings is 2. The van der Waals surface area contributed by atoms with Crippen LogP contribution in [0.5, 0.6) is 5.75 Å². The Kier molecular flexibility index (Phi) is 7.21. The predicted molar refractivity (Wildman–Crippen MR) is 97.6 cm³/mol. The molecule has 3 heteroatoms. The van der Waals surface area contributed by atoms with Crippen molar-refractivity contribution in [1.82, 2.24) is 0 Å². The molecule has 0 heterocycles. The summed E-state index contributed by atoms with van der Waals surface area (Å²) >= 11 is 4.21. The summed E-state index contributed by atoms with van der Waals surface area (Å²) in [5.41, 5.74) is 1.85. The minimum atomic E-state index is -0.327. The number of unbranched alkanes of at least 4 members (excludes halogenated alkanes) is 4. The van der Waals surface area contributed by atoms with Crippen LogP contribution in [0.4, 0.5) is 0 Å². The van der Waals surface area contributed by atoms with Crippen molar-refractivity contribution in [1.29, 1.82) is 0 Å². The maximum absolute atomic E-state index is 12.1. The second kappa shape index (κ2) is 9.41. The van der Waals surface area contributed by atoms with E-state index in [9.17, 15) is 4.79 Å². The van der Waals surface area contributed by atoms with Crippen molar-refractivity contribution < 1.29 is 9.53 Å². The van der Waals surface area contributed by atoms with Crippen molar-refractivity contribution in [2.45, 2.75) is 50.3 Å². The largest absolute Gasteiger partial charge is 0.423 e. The van der Waals surface area contributed by atoms with Gasteiger partial charge in [-0.3, -0.25) is 0 Å². The molecular weight excluding hydrogens is 304 g/mol. The first-order chi connectivity index (χ1) is 11.2. The lowest BCUT2D eigenvalue weighted by Crippen LogP contribution is -2.08. The van der Waals surface area contributed by atoms with Crippen molar-refractivity contribution in [2.75, 3.05) is 0 Å². The van der Waals surface area contributed by atoms with Gasteiger partial charge in [0.15, 0.2) is 0 Å². The maximum Gasteiger partial charge on any atom is 0.343 e. The highest BCUT2D eigenvalue weighted by atomic mass is 32.1. The molecule has 0 radical (unpaired) electrons. The van der Waals surface area contributed by atoms with Gasteiger partial charge in [-0.15, -0.1) is 12.6 Å². The van der Waals surface area contributed by atoms with Gasteiger partial charge < -0.3 is 4.74 Å². The van der Waals surface area contributed by atoms with Crippen molar-refractivity contribution in [3.8, 4) is 5.75 Å². The highest BCUT2D eigenvalue weighted by Crippen LogP contribution is 2.17. The number of esters is 1. The Labute approximate surface area is 144 Å². The SMILES string of the molecule is CCCCCCCc1ccc(C(=O)Oc2ccc(S)cc2)cc1. The third-order valence-electron chi connectivity index (χ3n) is 3.81. The molecule has 2 aromatic rings. The molecule has 0 aromatic heterocycles. The van der Waals surface area contributed by atoms with Crippen LogP contribution in [0, 0.1) is 0 Å². The van der Waals surface area contributed by atoms with E-state index in [1.807, 2.05) is 24.3 Å². The van der Waals surface area contributed by atoms with Crippen LogP contribution in [0.15, 0.2) is 53.4 Å². The van der Waals surface area contributed by atoms with Gasteiger partial charge in [0.1, 0.15) is 5.75 Å². The summed E-state index contributed by atoms with van der Waals surface area (Å²) < 4.78 is 5.35. The van der Waals surface area contributed by atoms with Gasteiger partial charge in [-0.05, 0) is 54.8 Å². The van der Waals surface area contributed by atoms with Crippen molar-refractivity contribution in [3.05, 3.63) is 59.7 Å². The molecule has 0 aliphatic carbocycles. The fraction of sp³-hybridized carbons (Fsp3) is 0.350. The monoisotopic (exact) mass is 328 g/mol. The van der Waals surface area contributed by atoms with Gasteiger partial charge >= 0.3 is 5.97 Å². The molecule has 0 amide bonds. The Hall–Kier alpha value is -1.74. The molecule has 0 unspecified atom stereocenters. The Morgan fingerprint density at radius 3 is 2.22 bits per heavy atom. The van der Waals surface area contributed by atoms with Gasteiger partial charge in [0.05, 0.1) is 5.56 Å². The standard InChI is InChI=1S/C20H24O2S/c1-2-3-4-5-6-7-16-8-10-17(11-9-16)20(21)22-18-12-14-19(23)15-13-18/h8-15,23H,2-7H2,1H3. The molecule has 2 aromatic carbocycles. The van der Waals surface area contributed by atoms with Gasteiger partial charge in [0.2, 0.25) is 0 Å². The molecular formula is C20H24O2S. The Balaban J connectivity index is 1.83. The summed E-state index contributed by atoms with van der Waals surface area (Å²) in [5.74, 6) is 0.208. The molecule has 0 aliphatic heterocycles. The van der Waals surface area contributed by atoms with Gasteiger partial charge in [-0.1, -0.05) is 44.7 Å². The minimum Gasteiger partial charge on any atom is -0.423 e. The first kappa shape index (κ1) is 17.6. The Morgan fingerprint density at radius 2 is 1.57 bits per heavy atom. The van der Waals surface area contributed by atoms with E-state index in [0.29, 0.717) is 11.3 Å². The molecule has 0 bridgehead atoms. The van der Waals surface area contributed by atoms with Crippen LogP contribution in [0.2, 0.25) is 0 Å². The Morgan fingerprint density at radius 1 is 0.913 bits per heavy atom. The first-order valence-electron chi connectivity index (χ1n) is 8.29. The predicted octanol–water partition coefficient (Wildman–Crippen LogP) is 5.71. The van der Waals surface area contributed by atoms with E-state index in [2.05, 4.69) is 19.6 Å². The molecule has 0 aliphatic rings. The van der Waals surface area contributed by atoms with Crippen molar-refractivity contribution >= 4 is 18.6 Å². The minimum absolute atomic E-state index is 0.327. The second-order valence-corrected chi connectivity index (χ2v) is 6.26. The van der Waals surface area contributed by atoms with Crippen LogP contribution in [-0.4, -0.2) is 5.97 Å². The average Bonchev–Trinajstić information content (AvgIpc) is 2.57. The van der Waals surface area contributed by atoms with E-state index in [1.165, 1.54) is 37.7 Å². The van der Waals surface area contributed by atoms with Crippen LogP contribution < -0.4 is 4.74 Å². The summed E-state index contributed by atoms with van der Waals surface area (Å²) in [5, 5.41) is 0. The Bertz CT molecular complexity index is 603. The fourth-order valence-corrected chi connectivity index (χ4v) is 2.57. The number of rotatable bonds is 8. The van der Waals surface area contributed by atoms with E-state index < -0.39 is 0 Å². The third kappa shape index (κ3) is 6.11. The number of hydrogen-bond acceptors (Lipinski definition) is 3. The molecule has 0 atom stereocenters. The lowest BCUT2D eigenvalue weighted by atomic mass is 10.0. The van der Waals surface area contributed by atoms with Gasteiger partial charge in [-0.25, -0.2) is 4.79 Å². The van der Waals surface area contributed by atoms with Crippen molar-refractivity contribution in [2.24, 2.45) is 0 Å². The zero-order valence-corrected chi connectivity index (χ0v) is 14.5. The third-order valence-corrected chi connectivity index (χ3v) is 4.10. The molecule has 0 saturated carbocycles. The average molecular weight is 328 g/mol. The summed E-state index contributed by atoms with van der Waals surface area (Å²) in [6, 6.07) is 14.8. The fourth-order valence-electron chi connectivity index (χ4n) is 2.42. The number of aryl methyl sites for hydroxylation is 1. The summed E-state index contributed by atoms with van der Waals surface area (Å²) in [7, 11) is 0. The second-order valence-electron chi connectivity index (χ2n) is 5.74. The molecule has 0 spiro atoms.